The van der Waals surface area contributed by atoms with Crippen molar-refractivity contribution in [3.8, 4) is 0 Å². The Kier molecular flexibility index (Phi) is 2.33. The summed E-state index contributed by atoms with van der Waals surface area (Å²) < 4.78 is 0.357. The van der Waals surface area contributed by atoms with E-state index in [9.17, 15) is 14.4 Å². The highest BCUT2D eigenvalue weighted by atomic mass is 35.5. The van der Waals surface area contributed by atoms with E-state index in [0.717, 1.165) is 0 Å². The number of hydrogen-bond donors (Lipinski definition) is 2. The summed E-state index contributed by atoms with van der Waals surface area (Å²) in [5.74, 6) is -3.43. The minimum Gasteiger partial charge on any atom is -0.300 e. The summed E-state index contributed by atoms with van der Waals surface area (Å²) >= 11 is 16.8. The van der Waals surface area contributed by atoms with Crippen LogP contribution >= 0.6 is 35.2 Å². The molecular formula is C6H2Cl3N5O3. The Morgan fingerprint density at radius 2 is 1.82 bits per heavy atom. The third kappa shape index (κ3) is 1.16. The van der Waals surface area contributed by atoms with Gasteiger partial charge in [-0.05, 0) is 0 Å². The van der Waals surface area contributed by atoms with E-state index in [4.69, 9.17) is 41.7 Å². The van der Waals surface area contributed by atoms with E-state index in [2.05, 4.69) is 4.85 Å². The maximum absolute atomic E-state index is 11.8. The van der Waals surface area contributed by atoms with Gasteiger partial charge in [0.1, 0.15) is 0 Å². The third-order valence-electron chi connectivity index (χ3n) is 2.31. The van der Waals surface area contributed by atoms with Gasteiger partial charge in [0.25, 0.3) is 0 Å². The lowest BCUT2D eigenvalue weighted by molar-refractivity contribution is -0.132. The van der Waals surface area contributed by atoms with Crippen molar-refractivity contribution in [3.63, 3.8) is 0 Å². The van der Waals surface area contributed by atoms with Crippen LogP contribution in [-0.4, -0.2) is 37.6 Å². The second-order valence-electron chi connectivity index (χ2n) is 3.17. The summed E-state index contributed by atoms with van der Waals surface area (Å²) in [6.07, 6.45) is 0. The largest absolute Gasteiger partial charge is 0.456 e. The maximum atomic E-state index is 11.8. The number of carbonyl (C=O) groups excluding carboxylic acids is 3. The molecule has 90 valence electrons. The van der Waals surface area contributed by atoms with Crippen LogP contribution in [0.4, 0.5) is 9.59 Å². The van der Waals surface area contributed by atoms with Gasteiger partial charge < -0.3 is 5.32 Å². The summed E-state index contributed by atoms with van der Waals surface area (Å²) in [7, 11) is 0. The molecule has 0 aromatic heterocycles. The molecule has 0 aromatic carbocycles. The normalized spacial score (nSPS) is 36.2. The molecule has 0 aliphatic carbocycles. The summed E-state index contributed by atoms with van der Waals surface area (Å²) in [6.45, 7) is 7.00. The lowest BCUT2D eigenvalue weighted by atomic mass is 10.1. The molecule has 2 rings (SSSR count). The van der Waals surface area contributed by atoms with Crippen molar-refractivity contribution in [1.29, 1.82) is 0 Å². The van der Waals surface area contributed by atoms with Gasteiger partial charge in [-0.1, -0.05) is 11.6 Å². The number of amides is 5. The number of nitrogens with zero attached hydrogens (tertiary/aromatic N) is 3. The Hall–Kier alpha value is -1.43. The van der Waals surface area contributed by atoms with E-state index < -0.39 is 28.8 Å². The zero-order valence-corrected chi connectivity index (χ0v) is 9.97. The fourth-order valence-electron chi connectivity index (χ4n) is 1.49. The molecular weight excluding hydrogens is 296 g/mol. The molecule has 0 aromatic rings. The molecule has 2 saturated heterocycles. The molecule has 5 amide bonds. The smallest absolute Gasteiger partial charge is 0.300 e. The molecule has 17 heavy (non-hydrogen) atoms. The lowest BCUT2D eigenvalue weighted by Crippen LogP contribution is -2.74. The highest BCUT2D eigenvalue weighted by Crippen LogP contribution is 2.43. The molecule has 0 saturated carbocycles. The van der Waals surface area contributed by atoms with E-state index in [1.54, 1.807) is 0 Å². The number of carbonyl (C=O) groups is 3. The number of rotatable bonds is 0. The van der Waals surface area contributed by atoms with Gasteiger partial charge in [0, 0.05) is 23.6 Å². The molecule has 2 N–H and O–H groups in total. The van der Waals surface area contributed by atoms with Crippen LogP contribution < -0.4 is 10.6 Å². The molecule has 2 unspecified atom stereocenters. The topological polar surface area (TPSA) is 86.1 Å². The standard InChI is InChI=1S/C6H2Cl3N5O3/c1-10-6-5(7,11-3(16)12-6)2(15)13(8)4(17)14(6)9/h(H2,11,12,16). The number of urea groups is 2. The monoisotopic (exact) mass is 297 g/mol. The van der Waals surface area contributed by atoms with Gasteiger partial charge in [0.05, 0.1) is 0 Å². The minimum atomic E-state index is -2.27. The van der Waals surface area contributed by atoms with Gasteiger partial charge in [-0.2, -0.15) is 4.42 Å². The second-order valence-corrected chi connectivity index (χ2v) is 4.41. The molecule has 2 heterocycles. The minimum absolute atomic E-state index is 0.0940. The Morgan fingerprint density at radius 3 is 2.35 bits per heavy atom. The first-order valence-electron chi connectivity index (χ1n) is 3.98. The molecule has 0 bridgehead atoms. The van der Waals surface area contributed by atoms with Crippen LogP contribution in [0.25, 0.3) is 4.85 Å². The highest BCUT2D eigenvalue weighted by molar-refractivity contribution is 6.46. The average Bonchev–Trinajstić information content (AvgIpc) is 2.57. The van der Waals surface area contributed by atoms with Crippen LogP contribution in [0.1, 0.15) is 0 Å². The molecule has 11 heteroatoms. The van der Waals surface area contributed by atoms with Crippen molar-refractivity contribution >= 4 is 53.1 Å². The first kappa shape index (κ1) is 12.0. The predicted molar refractivity (Wildman–Crippen MR) is 55.4 cm³/mol. The van der Waals surface area contributed by atoms with E-state index in [-0.39, 0.29) is 8.84 Å². The Balaban J connectivity index is 2.66. The number of fused-ring (bicyclic) bond motifs is 1. The first-order chi connectivity index (χ1) is 7.80. The van der Waals surface area contributed by atoms with Crippen molar-refractivity contribution in [2.24, 2.45) is 0 Å². The lowest BCUT2D eigenvalue weighted by Gasteiger charge is -2.38. The third-order valence-corrected chi connectivity index (χ3v) is 3.52. The molecule has 8 nitrogen and oxygen atoms in total. The van der Waals surface area contributed by atoms with Crippen LogP contribution in [0.3, 0.4) is 0 Å². The summed E-state index contributed by atoms with van der Waals surface area (Å²) in [6, 6.07) is -2.11. The van der Waals surface area contributed by atoms with Crippen molar-refractivity contribution < 1.29 is 14.4 Å². The maximum Gasteiger partial charge on any atom is 0.456 e. The van der Waals surface area contributed by atoms with Gasteiger partial charge in [-0.25, -0.2) is 21.5 Å². The van der Waals surface area contributed by atoms with Crippen LogP contribution in [0.15, 0.2) is 0 Å². The fraction of sp³-hybridized carbons (Fsp3) is 0.333. The highest BCUT2D eigenvalue weighted by Gasteiger charge is 2.79. The first-order valence-corrected chi connectivity index (χ1v) is 5.04. The quantitative estimate of drug-likeness (QED) is 0.293. The number of nitrogens with one attached hydrogen (secondary N) is 2. The van der Waals surface area contributed by atoms with Crippen molar-refractivity contribution in [3.05, 3.63) is 11.4 Å². The SMILES string of the molecule is [C-]#[N+]C12NC(=O)NC1(Cl)C(=O)N(Cl)C(=O)N2Cl. The van der Waals surface area contributed by atoms with Crippen LogP contribution in [0.5, 0.6) is 0 Å². The molecule has 2 fully saturated rings. The van der Waals surface area contributed by atoms with Gasteiger partial charge >= 0.3 is 28.8 Å². The number of halogens is 3. The van der Waals surface area contributed by atoms with Gasteiger partial charge in [-0.3, -0.25) is 9.64 Å². The molecule has 2 aliphatic rings. The fourth-order valence-corrected chi connectivity index (χ4v) is 2.45. The summed E-state index contributed by atoms with van der Waals surface area (Å²) in [5, 5.41) is 4.02. The Bertz CT molecular complexity index is 492. The average molecular weight is 298 g/mol. The van der Waals surface area contributed by atoms with Gasteiger partial charge in [-0.15, -0.1) is 4.42 Å². The van der Waals surface area contributed by atoms with Gasteiger partial charge in [0.2, 0.25) is 0 Å². The predicted octanol–water partition coefficient (Wildman–Crippen LogP) is 0.379. The van der Waals surface area contributed by atoms with Crippen LogP contribution in [-0.2, 0) is 4.79 Å². The van der Waals surface area contributed by atoms with Crippen LogP contribution in [0.2, 0.25) is 0 Å². The number of imide groups is 1. The van der Waals surface area contributed by atoms with Crippen molar-refractivity contribution in [2.45, 2.75) is 10.8 Å². The zero-order chi connectivity index (χ0) is 13.0. The van der Waals surface area contributed by atoms with E-state index in [1.807, 2.05) is 10.6 Å². The molecule has 0 radical (unpaired) electrons. The molecule has 0 spiro atoms. The van der Waals surface area contributed by atoms with E-state index in [1.165, 1.54) is 0 Å². The van der Waals surface area contributed by atoms with E-state index >= 15 is 0 Å². The van der Waals surface area contributed by atoms with Crippen molar-refractivity contribution in [1.82, 2.24) is 19.5 Å². The summed E-state index contributed by atoms with van der Waals surface area (Å²) in [4.78, 5) is 35.1. The molecule has 2 aliphatic heterocycles. The molecule has 2 atom stereocenters. The van der Waals surface area contributed by atoms with Crippen molar-refractivity contribution in [2.75, 3.05) is 0 Å². The Morgan fingerprint density at radius 1 is 1.24 bits per heavy atom. The zero-order valence-electron chi connectivity index (χ0n) is 7.70. The second kappa shape index (κ2) is 3.29. The number of hydrogen-bond acceptors (Lipinski definition) is 3. The summed E-state index contributed by atoms with van der Waals surface area (Å²) in [5.41, 5.74) is 0. The Labute approximate surface area is 109 Å². The number of alkyl halides is 1. The van der Waals surface area contributed by atoms with Gasteiger partial charge in [0.15, 0.2) is 0 Å². The van der Waals surface area contributed by atoms with Crippen LogP contribution in [0, 0.1) is 6.57 Å². The van der Waals surface area contributed by atoms with E-state index in [0.29, 0.717) is 0 Å².